The molecule has 0 spiro atoms. The van der Waals surface area contributed by atoms with Gasteiger partial charge in [-0.05, 0) is 0 Å². The highest BCUT2D eigenvalue weighted by atomic mass is 16.5. The number of rotatable bonds is 1. The van der Waals surface area contributed by atoms with Gasteiger partial charge in [0.2, 0.25) is 0 Å². The van der Waals surface area contributed by atoms with Crippen LogP contribution in [0.1, 0.15) is 0 Å². The zero-order valence-corrected chi connectivity index (χ0v) is 5.70. The molecule has 0 aromatic rings. The van der Waals surface area contributed by atoms with Crippen molar-refractivity contribution in [2.24, 2.45) is 0 Å². The maximum Gasteiger partial charge on any atom is 0.166 e. The first-order valence-corrected chi connectivity index (χ1v) is 2.97. The Kier molecular flexibility index (Phi) is 2.13. The van der Waals surface area contributed by atoms with E-state index in [1.54, 1.807) is 0 Å². The second-order valence-corrected chi connectivity index (χ2v) is 2.05. The van der Waals surface area contributed by atoms with E-state index in [2.05, 4.69) is 0 Å². The molecule has 1 unspecified atom stereocenters. The highest BCUT2D eigenvalue weighted by molar-refractivity contribution is 5.08. The lowest BCUT2D eigenvalue weighted by Crippen LogP contribution is -2.27. The summed E-state index contributed by atoms with van der Waals surface area (Å²) in [5, 5.41) is 18.1. The van der Waals surface area contributed by atoms with Crippen molar-refractivity contribution in [2.75, 3.05) is 20.3 Å². The minimum absolute atomic E-state index is 0.0266. The van der Waals surface area contributed by atoms with Crippen molar-refractivity contribution < 1.29 is 19.7 Å². The molecule has 0 saturated heterocycles. The molecule has 0 radical (unpaired) electrons. The van der Waals surface area contributed by atoms with Crippen LogP contribution in [-0.4, -0.2) is 36.6 Å². The number of methoxy groups -OCH3 is 1. The summed E-state index contributed by atoms with van der Waals surface area (Å²) in [6.45, 7) is 0.313. The summed E-state index contributed by atoms with van der Waals surface area (Å²) in [4.78, 5) is 0. The fourth-order valence-corrected chi connectivity index (χ4v) is 0.860. The van der Waals surface area contributed by atoms with Crippen LogP contribution in [-0.2, 0) is 9.47 Å². The molecule has 0 bridgehead atoms. The van der Waals surface area contributed by atoms with Gasteiger partial charge >= 0.3 is 0 Å². The normalized spacial score (nSPS) is 26.8. The Hall–Kier alpha value is -0.740. The van der Waals surface area contributed by atoms with E-state index < -0.39 is 6.10 Å². The van der Waals surface area contributed by atoms with Crippen molar-refractivity contribution in [1.82, 2.24) is 0 Å². The summed E-state index contributed by atoms with van der Waals surface area (Å²) in [7, 11) is 1.40. The zero-order valence-electron chi connectivity index (χ0n) is 5.70. The first-order chi connectivity index (χ1) is 4.75. The maximum atomic E-state index is 9.07. The highest BCUT2D eigenvalue weighted by Gasteiger charge is 2.21. The molecule has 58 valence electrons. The Balaban J connectivity index is 2.73. The Labute approximate surface area is 58.7 Å². The van der Waals surface area contributed by atoms with Gasteiger partial charge in [-0.2, -0.15) is 0 Å². The summed E-state index contributed by atoms with van der Waals surface area (Å²) in [5.41, 5.74) is 0. The largest absolute Gasteiger partial charge is 0.506 e. The minimum atomic E-state index is -0.821. The summed E-state index contributed by atoms with van der Waals surface area (Å²) in [5.74, 6) is 0.188. The predicted molar refractivity (Wildman–Crippen MR) is 33.5 cm³/mol. The molecular weight excluding hydrogens is 136 g/mol. The van der Waals surface area contributed by atoms with Crippen LogP contribution in [0.25, 0.3) is 0 Å². The Morgan fingerprint density at radius 3 is 2.80 bits per heavy atom. The molecule has 4 nitrogen and oxygen atoms in total. The lowest BCUT2D eigenvalue weighted by atomic mass is 10.2. The first-order valence-electron chi connectivity index (χ1n) is 2.97. The summed E-state index contributed by atoms with van der Waals surface area (Å²) < 4.78 is 9.50. The number of aliphatic hydroxyl groups excluding tert-OH is 2. The molecule has 1 aliphatic heterocycles. The molecule has 10 heavy (non-hydrogen) atoms. The topological polar surface area (TPSA) is 58.9 Å². The molecule has 0 amide bonds. The van der Waals surface area contributed by atoms with E-state index in [4.69, 9.17) is 19.7 Å². The molecule has 4 heteroatoms. The van der Waals surface area contributed by atoms with E-state index in [1.165, 1.54) is 7.11 Å². The molecule has 0 saturated carbocycles. The lowest BCUT2D eigenvalue weighted by molar-refractivity contribution is -0.00567. The van der Waals surface area contributed by atoms with Gasteiger partial charge in [-0.1, -0.05) is 0 Å². The van der Waals surface area contributed by atoms with E-state index in [-0.39, 0.29) is 24.7 Å². The highest BCUT2D eigenvalue weighted by Crippen LogP contribution is 2.13. The molecular formula is C6H10O4. The number of hydrogen-bond donors (Lipinski definition) is 2. The van der Waals surface area contributed by atoms with Gasteiger partial charge in [-0.15, -0.1) is 0 Å². The van der Waals surface area contributed by atoms with Crippen molar-refractivity contribution in [3.05, 3.63) is 11.5 Å². The van der Waals surface area contributed by atoms with Gasteiger partial charge in [0.25, 0.3) is 0 Å². The lowest BCUT2D eigenvalue weighted by Gasteiger charge is -2.20. The smallest absolute Gasteiger partial charge is 0.166 e. The van der Waals surface area contributed by atoms with E-state index >= 15 is 0 Å². The summed E-state index contributed by atoms with van der Waals surface area (Å²) >= 11 is 0. The van der Waals surface area contributed by atoms with Gasteiger partial charge in [0.1, 0.15) is 12.7 Å². The molecule has 0 aromatic heterocycles. The van der Waals surface area contributed by atoms with Gasteiger partial charge in [-0.3, -0.25) is 0 Å². The first kappa shape index (κ1) is 7.37. The van der Waals surface area contributed by atoms with E-state index in [0.717, 1.165) is 0 Å². The monoisotopic (exact) mass is 146 g/mol. The van der Waals surface area contributed by atoms with Crippen LogP contribution in [0, 0.1) is 0 Å². The maximum absolute atomic E-state index is 9.07. The molecule has 0 fully saturated rings. The summed E-state index contributed by atoms with van der Waals surface area (Å²) in [6.07, 6.45) is -0.821. The van der Waals surface area contributed by atoms with Crippen molar-refractivity contribution in [3.63, 3.8) is 0 Å². The van der Waals surface area contributed by atoms with Gasteiger partial charge in [-0.25, -0.2) is 0 Å². The van der Waals surface area contributed by atoms with Gasteiger partial charge in [0.05, 0.1) is 13.7 Å². The molecule has 2 N–H and O–H groups in total. The second kappa shape index (κ2) is 2.90. The van der Waals surface area contributed by atoms with Crippen LogP contribution in [0.5, 0.6) is 0 Å². The van der Waals surface area contributed by atoms with E-state index in [0.29, 0.717) is 0 Å². The van der Waals surface area contributed by atoms with Gasteiger partial charge in [0, 0.05) is 0 Å². The van der Waals surface area contributed by atoms with Crippen LogP contribution < -0.4 is 0 Å². The number of hydrogen-bond acceptors (Lipinski definition) is 4. The predicted octanol–water partition coefficient (Wildman–Crippen LogP) is -0.207. The van der Waals surface area contributed by atoms with Crippen LogP contribution >= 0.6 is 0 Å². The molecule has 0 aromatic carbocycles. The Morgan fingerprint density at radius 1 is 1.70 bits per heavy atom. The molecule has 1 heterocycles. The molecule has 1 atom stereocenters. The van der Waals surface area contributed by atoms with Crippen molar-refractivity contribution in [2.45, 2.75) is 6.10 Å². The van der Waals surface area contributed by atoms with Crippen molar-refractivity contribution >= 4 is 0 Å². The Morgan fingerprint density at radius 2 is 2.40 bits per heavy atom. The van der Waals surface area contributed by atoms with Crippen LogP contribution in [0.2, 0.25) is 0 Å². The van der Waals surface area contributed by atoms with Crippen LogP contribution in [0.4, 0.5) is 0 Å². The average Bonchev–Trinajstić information content (AvgIpc) is 1.88. The van der Waals surface area contributed by atoms with Crippen molar-refractivity contribution in [3.8, 4) is 0 Å². The quantitative estimate of drug-likeness (QED) is 0.537. The van der Waals surface area contributed by atoms with Gasteiger partial charge < -0.3 is 19.7 Å². The van der Waals surface area contributed by atoms with Crippen molar-refractivity contribution in [1.29, 1.82) is 0 Å². The third kappa shape index (κ3) is 1.22. The minimum Gasteiger partial charge on any atom is -0.506 e. The fourth-order valence-electron chi connectivity index (χ4n) is 0.860. The SMILES string of the molecule is COC1=C(O)COCC1O. The van der Waals surface area contributed by atoms with Crippen LogP contribution in [0.15, 0.2) is 11.5 Å². The van der Waals surface area contributed by atoms with Crippen LogP contribution in [0.3, 0.4) is 0 Å². The molecule has 0 aliphatic carbocycles. The fraction of sp³-hybridized carbons (Fsp3) is 0.667. The number of ether oxygens (including phenoxy) is 2. The number of aliphatic hydroxyl groups is 2. The third-order valence-electron chi connectivity index (χ3n) is 1.32. The van der Waals surface area contributed by atoms with E-state index in [1.807, 2.05) is 0 Å². The van der Waals surface area contributed by atoms with E-state index in [9.17, 15) is 0 Å². The Bertz CT molecular complexity index is 152. The average molecular weight is 146 g/mol. The standard InChI is InChI=1S/C6H10O4/c1-9-6-4(7)2-10-3-5(6)8/h4,7-8H,2-3H2,1H3. The second-order valence-electron chi connectivity index (χ2n) is 2.05. The van der Waals surface area contributed by atoms with Gasteiger partial charge in [0.15, 0.2) is 11.5 Å². The third-order valence-corrected chi connectivity index (χ3v) is 1.32. The molecule has 1 aliphatic rings. The molecule has 1 rings (SSSR count). The summed E-state index contributed by atoms with van der Waals surface area (Å²) in [6, 6.07) is 0. The zero-order chi connectivity index (χ0) is 7.56.